The van der Waals surface area contributed by atoms with Gasteiger partial charge in [0.05, 0.1) is 55.4 Å². The number of benzene rings is 10. The van der Waals surface area contributed by atoms with Crippen LogP contribution in [-0.2, 0) is 13.2 Å². The number of aliphatic hydroxyl groups is 7. The number of methoxy groups -OCH3 is 1. The lowest BCUT2D eigenvalue weighted by molar-refractivity contribution is -0.570. The van der Waals surface area contributed by atoms with Gasteiger partial charge in [-0.3, -0.25) is 60.7 Å². The highest BCUT2D eigenvalue weighted by molar-refractivity contribution is 6.25. The van der Waals surface area contributed by atoms with E-state index in [1.165, 1.54) is 55.6 Å². The maximum atomic E-state index is 14.1. The van der Waals surface area contributed by atoms with Crippen LogP contribution in [0.1, 0.15) is 144 Å². The SMILES string of the molecule is COc1c(C)cc([C@@H]2Oc3ccccc3[C@H](O)[C@@]2(Cl)[N+](=O)[O-])cc1CO.Cc1ccc([C@@H]2Oc3ccc([N+](=O)[O-])cc3[C@H](O)[C@@]2(Cl)[N+](=O)[O-])cc1.Cc1ccc([C@@H]2Oc3ccccc3[C@H](O)[C@@]2(Cl)[N+](=O)[O-])cc1.O=[N+]([O-])[C@]1(Cl)[C@@H](O)c2ccccc2O[C@H]1c1c(F)cccc1F.O=[N+]([O-])[C@]1(Cl)[C@@H](O)c2ccccc2O[C@H]1c1ccccc1CO. The highest BCUT2D eigenvalue weighted by Gasteiger charge is 2.67. The van der Waals surface area contributed by atoms with E-state index in [0.29, 0.717) is 67.5 Å². The van der Waals surface area contributed by atoms with E-state index < -0.39 is 133 Å². The average molecular weight is 1740 g/mol. The van der Waals surface area contributed by atoms with E-state index in [-0.39, 0.29) is 52.7 Å². The summed E-state index contributed by atoms with van der Waals surface area (Å²) < 4.78 is 61.9. The Bertz CT molecular complexity index is 5510. The number of fused-ring (bicyclic) bond motifs is 5. The van der Waals surface area contributed by atoms with Crippen molar-refractivity contribution in [2.45, 2.75) is 120 Å². The molecule has 5 heterocycles. The third-order valence-corrected chi connectivity index (χ3v) is 23.0. The van der Waals surface area contributed by atoms with Crippen molar-refractivity contribution >= 4 is 63.7 Å². The molecular weight excluding hydrogens is 1670 g/mol. The van der Waals surface area contributed by atoms with E-state index in [0.717, 1.165) is 35.4 Å². The van der Waals surface area contributed by atoms with Gasteiger partial charge in [-0.15, -0.1) is 0 Å². The van der Waals surface area contributed by atoms with Gasteiger partial charge in [0.2, 0.25) is 30.5 Å². The van der Waals surface area contributed by atoms with Gasteiger partial charge in [-0.25, -0.2) is 8.78 Å². The highest BCUT2D eigenvalue weighted by Crippen LogP contribution is 2.58. The Hall–Kier alpha value is -11.6. The predicted octanol–water partition coefficient (Wildman–Crippen LogP) is 15.4. The lowest BCUT2D eigenvalue weighted by Gasteiger charge is -2.37. The van der Waals surface area contributed by atoms with Gasteiger partial charge < -0.3 is 64.2 Å². The topological polar surface area (TPSA) is 456 Å². The van der Waals surface area contributed by atoms with Gasteiger partial charge in [0, 0.05) is 67.8 Å². The van der Waals surface area contributed by atoms with E-state index in [1.807, 2.05) is 26.0 Å². The molecular formula is C81H69Cl5F2N6O25. The van der Waals surface area contributed by atoms with Crippen LogP contribution >= 0.6 is 58.0 Å². The molecule has 10 aromatic rings. The summed E-state index contributed by atoms with van der Waals surface area (Å²) in [6, 6.07) is 55.7. The Kier molecular flexibility index (Phi) is 26.4. The number of nitrogens with zero attached hydrogens (tertiary/aromatic N) is 6. The van der Waals surface area contributed by atoms with Crippen molar-refractivity contribution in [3.8, 4) is 34.5 Å². The molecule has 10 aromatic carbocycles. The molecule has 15 rings (SSSR count). The Morgan fingerprint density at radius 2 is 0.672 bits per heavy atom. The van der Waals surface area contributed by atoms with Crippen LogP contribution in [0.25, 0.3) is 0 Å². The van der Waals surface area contributed by atoms with Crippen molar-refractivity contribution in [2.75, 3.05) is 7.11 Å². The molecule has 0 bridgehead atoms. The van der Waals surface area contributed by atoms with Gasteiger partial charge in [-0.1, -0.05) is 163 Å². The molecule has 31 nitrogen and oxygen atoms in total. The van der Waals surface area contributed by atoms with Crippen molar-refractivity contribution in [2.24, 2.45) is 0 Å². The monoisotopic (exact) mass is 1740 g/mol. The summed E-state index contributed by atoms with van der Waals surface area (Å²) in [6.45, 7) is 4.88. The number of rotatable bonds is 14. The summed E-state index contributed by atoms with van der Waals surface area (Å²) in [7, 11) is 1.47. The molecule has 15 atom stereocenters. The summed E-state index contributed by atoms with van der Waals surface area (Å²) in [5.41, 5.74) is 5.01. The van der Waals surface area contributed by atoms with Gasteiger partial charge in [-0.2, -0.15) is 0 Å². The van der Waals surface area contributed by atoms with Gasteiger partial charge >= 0.3 is 25.0 Å². The smallest absolute Gasteiger partial charge is 0.365 e. The zero-order valence-corrected chi connectivity index (χ0v) is 66.1. The van der Waals surface area contributed by atoms with E-state index in [2.05, 4.69) is 0 Å². The first-order valence-corrected chi connectivity index (χ1v) is 37.4. The number of nitro benzene ring substituents is 1. The summed E-state index contributed by atoms with van der Waals surface area (Å²) in [4.78, 5) is 52.6. The fourth-order valence-electron chi connectivity index (χ4n) is 14.1. The minimum Gasteiger partial charge on any atom is -0.496 e. The van der Waals surface area contributed by atoms with Crippen LogP contribution in [0.3, 0.4) is 0 Å². The normalized spacial score (nSPS) is 25.7. The second-order valence-corrected chi connectivity index (χ2v) is 30.6. The number of para-hydroxylation sites is 4. The Morgan fingerprint density at radius 1 is 0.361 bits per heavy atom. The first-order chi connectivity index (χ1) is 56.4. The molecule has 0 amide bonds. The van der Waals surface area contributed by atoms with Crippen molar-refractivity contribution < 1.29 is 102 Å². The standard InChI is InChI=1S/C18H18ClNO6.C16H13ClN2O6.C16H14ClNO5.C16H14ClNO4.C15H10ClF2NO4/c1-10-7-11(8-12(9-21)15(10)25-2)17-18(19,20(23)24)16(22)13-5-3-4-6-14(13)26-17;1-9-2-4-10(5-3-9)15-16(17,19(23)24)14(20)12-8-11(18(21)22)6-7-13(12)25-15;17-16(18(21)22)14(20)12-7-3-4-8-13(12)23-15(16)11-6-2-1-5-10(11)9-19;1-10-6-8-11(9-7-10)15-16(17,18(20)21)14(19)12-4-2-3-5-13(12)22-15;16-15(19(21)22)13(20)8-4-1-2-7-11(8)23-14(15)12-9(17)5-3-6-10(12)18/h3-8,16-17,21-22H,9H2,1-2H3;2-8,14-15,20H,1H3;1-8,14-15,19-20H,9H2;2-9,14-15,19H,1H3;1-7,13-14,20H/t16-,17-,18+;3*14-,15-,16+;13-,14-,15+/m00000/s1. The fraction of sp³-hybridized carbons (Fsp3) is 0.259. The van der Waals surface area contributed by atoms with Crippen LogP contribution in [0, 0.1) is 93.1 Å². The van der Waals surface area contributed by atoms with Gasteiger partial charge in [0.25, 0.3) is 5.69 Å². The predicted molar refractivity (Wildman–Crippen MR) is 423 cm³/mol. The Morgan fingerprint density at radius 3 is 1.03 bits per heavy atom. The molecule has 0 spiro atoms. The summed E-state index contributed by atoms with van der Waals surface area (Å²) >= 11 is 31.1. The molecule has 0 saturated carbocycles. The maximum Gasteiger partial charge on any atom is 0.365 e. The lowest BCUT2D eigenvalue weighted by atomic mass is 9.88. The first kappa shape index (κ1) is 88.2. The zero-order valence-electron chi connectivity index (χ0n) is 62.3. The Balaban J connectivity index is 0.000000146. The number of aliphatic hydroxyl groups excluding tert-OH is 7. The van der Waals surface area contributed by atoms with Crippen LogP contribution in [-0.4, -0.2) is 97.4 Å². The second-order valence-electron chi connectivity index (χ2n) is 27.6. The molecule has 0 unspecified atom stereocenters. The molecule has 0 aliphatic carbocycles. The molecule has 0 aromatic heterocycles. The average Bonchev–Trinajstić information content (AvgIpc) is 0.755. The molecule has 5 aliphatic rings. The van der Waals surface area contributed by atoms with Crippen molar-refractivity contribution in [1.82, 2.24) is 0 Å². The number of hydrogen-bond donors (Lipinski definition) is 7. The number of aryl methyl sites for hydroxylation is 3. The molecule has 5 aliphatic heterocycles. The molecule has 0 radical (unpaired) electrons. The lowest BCUT2D eigenvalue weighted by Crippen LogP contribution is -2.49. The van der Waals surface area contributed by atoms with Gasteiger partial charge in [0.1, 0.15) is 46.1 Å². The van der Waals surface area contributed by atoms with Crippen molar-refractivity contribution in [1.29, 1.82) is 0 Å². The highest BCUT2D eigenvalue weighted by atomic mass is 35.5. The third kappa shape index (κ3) is 16.4. The van der Waals surface area contributed by atoms with E-state index in [4.69, 9.17) is 86.4 Å². The number of hydrogen-bond acceptors (Lipinski definition) is 25. The number of alkyl halides is 5. The zero-order chi connectivity index (χ0) is 86.7. The largest absolute Gasteiger partial charge is 0.496 e. The van der Waals surface area contributed by atoms with Crippen molar-refractivity contribution in [3.63, 3.8) is 0 Å². The first-order valence-electron chi connectivity index (χ1n) is 35.5. The van der Waals surface area contributed by atoms with Crippen LogP contribution in [0.5, 0.6) is 34.5 Å². The second kappa shape index (κ2) is 35.5. The minimum absolute atomic E-state index is 0.0748. The Labute approximate surface area is 698 Å². The molecule has 7 N–H and O–H groups in total. The van der Waals surface area contributed by atoms with E-state index >= 15 is 0 Å². The molecule has 0 fully saturated rings. The van der Waals surface area contributed by atoms with Crippen LogP contribution in [0.15, 0.2) is 218 Å². The quantitative estimate of drug-likeness (QED) is 0.0230. The van der Waals surface area contributed by atoms with E-state index in [9.17, 15) is 105 Å². The summed E-state index contributed by atoms with van der Waals surface area (Å²) in [5, 5.41) is 141. The van der Waals surface area contributed by atoms with Gasteiger partial charge in [-0.05, 0) is 145 Å². The molecule has 38 heteroatoms. The number of halogens is 7. The van der Waals surface area contributed by atoms with Gasteiger partial charge in [0.15, 0.2) is 30.5 Å². The summed E-state index contributed by atoms with van der Waals surface area (Å²) in [6.07, 6.45) is -14.9. The maximum absolute atomic E-state index is 14.1. The fourth-order valence-corrected chi connectivity index (χ4v) is 15.5. The molecule has 119 heavy (non-hydrogen) atoms. The number of ether oxygens (including phenoxy) is 6. The van der Waals surface area contributed by atoms with Crippen molar-refractivity contribution in [3.05, 3.63) is 374 Å². The van der Waals surface area contributed by atoms with E-state index in [1.54, 1.807) is 140 Å². The molecule has 622 valence electrons. The number of nitro groups is 6. The number of non-ortho nitro benzene ring substituents is 1. The summed E-state index contributed by atoms with van der Waals surface area (Å²) in [5.74, 6) is -0.375. The minimum atomic E-state index is -2.67. The van der Waals surface area contributed by atoms with Crippen LogP contribution < -0.4 is 28.4 Å². The third-order valence-electron chi connectivity index (χ3n) is 20.3. The van der Waals surface area contributed by atoms with Crippen LogP contribution in [0.2, 0.25) is 0 Å². The molecule has 0 saturated heterocycles. The van der Waals surface area contributed by atoms with Crippen LogP contribution in [0.4, 0.5) is 14.5 Å².